The lowest BCUT2D eigenvalue weighted by molar-refractivity contribution is -0.619. The van der Waals surface area contributed by atoms with Gasteiger partial charge in [0.2, 0.25) is 0 Å². The van der Waals surface area contributed by atoms with Crippen LogP contribution in [0.3, 0.4) is 0 Å². The van der Waals surface area contributed by atoms with Crippen molar-refractivity contribution in [1.82, 2.24) is 4.98 Å². The zero-order valence-electron chi connectivity index (χ0n) is 10.8. The van der Waals surface area contributed by atoms with Gasteiger partial charge < -0.3 is 12.4 Å². The van der Waals surface area contributed by atoms with E-state index in [2.05, 4.69) is 21.7 Å². The Morgan fingerprint density at radius 3 is 2.65 bits per heavy atom. The Labute approximate surface area is 121 Å². The fourth-order valence-corrected chi connectivity index (χ4v) is 2.78. The van der Waals surface area contributed by atoms with Gasteiger partial charge in [0.05, 0.1) is 12.4 Å². The van der Waals surface area contributed by atoms with E-state index in [-0.39, 0.29) is 18.2 Å². The molecule has 20 heavy (non-hydrogen) atoms. The molecule has 0 bridgehead atoms. The molecule has 4 heteroatoms. The molecule has 0 aliphatic heterocycles. The Morgan fingerprint density at radius 2 is 1.80 bits per heavy atom. The molecule has 1 N–H and O–H groups in total. The molecule has 2 aromatic carbocycles. The molecule has 0 saturated heterocycles. The predicted octanol–water partition coefficient (Wildman–Crippen LogP) is 0.442. The van der Waals surface area contributed by atoms with Crippen LogP contribution in [-0.2, 0) is 7.05 Å². The fraction of sp³-hybridized carbons (Fsp3) is 0.0625. The standard InChI is InChI=1S/C16H11FN2.ClH/c1-19-15-7-6-11(17)8-10(15)9-13-12-4-2-3-5-14(12)18-16(13)19;/h2-9H,1H3;1H. The molecule has 0 fully saturated rings. The lowest BCUT2D eigenvalue weighted by Gasteiger charge is -2.01. The summed E-state index contributed by atoms with van der Waals surface area (Å²) in [7, 11) is 2.00. The van der Waals surface area contributed by atoms with Gasteiger partial charge in [0.15, 0.2) is 0 Å². The SMILES string of the molecule is C[n+]1c2ccc(F)cc2cc2c3ccccc3[nH]c21.[Cl-]. The zero-order valence-corrected chi connectivity index (χ0v) is 11.6. The van der Waals surface area contributed by atoms with Crippen LogP contribution in [0.5, 0.6) is 0 Å². The highest BCUT2D eigenvalue weighted by Crippen LogP contribution is 2.26. The van der Waals surface area contributed by atoms with E-state index < -0.39 is 0 Å². The molecule has 4 rings (SSSR count). The summed E-state index contributed by atoms with van der Waals surface area (Å²) in [5.74, 6) is -0.202. The Kier molecular flexibility index (Phi) is 2.87. The number of aryl methyl sites for hydroxylation is 1. The van der Waals surface area contributed by atoms with Crippen molar-refractivity contribution in [1.29, 1.82) is 0 Å². The first-order valence-electron chi connectivity index (χ1n) is 6.23. The topological polar surface area (TPSA) is 19.7 Å². The number of hydrogen-bond donors (Lipinski definition) is 1. The lowest BCUT2D eigenvalue weighted by atomic mass is 10.1. The molecule has 2 nitrogen and oxygen atoms in total. The molecule has 4 aromatic rings. The van der Waals surface area contributed by atoms with E-state index in [0.717, 1.165) is 27.5 Å². The molecule has 2 aromatic heterocycles. The van der Waals surface area contributed by atoms with Gasteiger partial charge in [-0.3, -0.25) is 0 Å². The molecule has 0 saturated carbocycles. The minimum atomic E-state index is -0.202. The third kappa shape index (κ3) is 1.67. The number of hydrogen-bond acceptors (Lipinski definition) is 0. The molecule has 2 heterocycles. The summed E-state index contributed by atoms with van der Waals surface area (Å²) >= 11 is 0. The number of pyridine rings is 1. The van der Waals surface area contributed by atoms with E-state index in [0.29, 0.717) is 0 Å². The average Bonchev–Trinajstić information content (AvgIpc) is 2.78. The van der Waals surface area contributed by atoms with Crippen LogP contribution in [0.2, 0.25) is 0 Å². The van der Waals surface area contributed by atoms with E-state index in [1.807, 2.05) is 31.3 Å². The average molecular weight is 287 g/mol. The number of aromatic nitrogens is 2. The summed E-state index contributed by atoms with van der Waals surface area (Å²) in [6.45, 7) is 0. The summed E-state index contributed by atoms with van der Waals surface area (Å²) in [6, 6.07) is 15.1. The number of benzene rings is 2. The maximum atomic E-state index is 13.4. The first-order valence-corrected chi connectivity index (χ1v) is 6.23. The largest absolute Gasteiger partial charge is 1.00 e. The van der Waals surface area contributed by atoms with E-state index in [1.165, 1.54) is 11.5 Å². The van der Waals surface area contributed by atoms with Gasteiger partial charge in [-0.25, -0.2) is 13.9 Å². The minimum absolute atomic E-state index is 0. The van der Waals surface area contributed by atoms with Crippen molar-refractivity contribution in [3.8, 4) is 0 Å². The Bertz CT molecular complexity index is 943. The number of aromatic amines is 1. The maximum absolute atomic E-state index is 13.4. The summed E-state index contributed by atoms with van der Waals surface area (Å²) < 4.78 is 15.5. The number of fused-ring (bicyclic) bond motifs is 4. The first kappa shape index (κ1) is 12.9. The smallest absolute Gasteiger partial charge is 0.287 e. The molecule has 0 aliphatic rings. The number of nitrogens with zero attached hydrogens (tertiary/aromatic N) is 1. The second-order valence-electron chi connectivity index (χ2n) is 4.84. The molecule has 0 unspecified atom stereocenters. The number of halogens is 2. The minimum Gasteiger partial charge on any atom is -1.00 e. The van der Waals surface area contributed by atoms with E-state index >= 15 is 0 Å². The highest BCUT2D eigenvalue weighted by Gasteiger charge is 2.15. The van der Waals surface area contributed by atoms with E-state index in [4.69, 9.17) is 0 Å². The van der Waals surface area contributed by atoms with E-state index in [1.54, 1.807) is 6.07 Å². The zero-order chi connectivity index (χ0) is 13.0. The number of rotatable bonds is 0. The van der Waals surface area contributed by atoms with Crippen molar-refractivity contribution in [2.24, 2.45) is 7.05 Å². The first-order chi connectivity index (χ1) is 9.24. The fourth-order valence-electron chi connectivity index (χ4n) is 2.78. The van der Waals surface area contributed by atoms with Gasteiger partial charge in [0.25, 0.3) is 5.65 Å². The second kappa shape index (κ2) is 4.46. The third-order valence-electron chi connectivity index (χ3n) is 3.71. The molecule has 100 valence electrons. The van der Waals surface area contributed by atoms with Gasteiger partial charge in [0, 0.05) is 10.8 Å². The highest BCUT2D eigenvalue weighted by atomic mass is 35.5. The number of para-hydroxylation sites is 1. The summed E-state index contributed by atoms with van der Waals surface area (Å²) in [6.07, 6.45) is 0. The Balaban J connectivity index is 0.00000121. The van der Waals surface area contributed by atoms with Gasteiger partial charge in [-0.1, -0.05) is 12.1 Å². The molecule has 0 spiro atoms. The van der Waals surface area contributed by atoms with Crippen molar-refractivity contribution >= 4 is 32.8 Å². The van der Waals surface area contributed by atoms with Crippen LogP contribution < -0.4 is 17.0 Å². The van der Waals surface area contributed by atoms with Gasteiger partial charge in [-0.05, 0) is 36.4 Å². The number of nitrogens with one attached hydrogen (secondary N) is 1. The molecule has 0 amide bonds. The second-order valence-corrected chi connectivity index (χ2v) is 4.84. The van der Waals surface area contributed by atoms with E-state index in [9.17, 15) is 4.39 Å². The molecule has 0 aliphatic carbocycles. The molecule has 0 atom stereocenters. The summed E-state index contributed by atoms with van der Waals surface area (Å²) in [5, 5.41) is 3.20. The van der Waals surface area contributed by atoms with Crippen LogP contribution in [0.25, 0.3) is 32.8 Å². The lowest BCUT2D eigenvalue weighted by Crippen LogP contribution is -3.00. The highest BCUT2D eigenvalue weighted by molar-refractivity contribution is 6.07. The Morgan fingerprint density at radius 1 is 1.00 bits per heavy atom. The quantitative estimate of drug-likeness (QED) is 0.453. The van der Waals surface area contributed by atoms with Crippen molar-refractivity contribution in [2.45, 2.75) is 0 Å². The van der Waals surface area contributed by atoms with Gasteiger partial charge in [0.1, 0.15) is 16.9 Å². The molecular weight excluding hydrogens is 275 g/mol. The van der Waals surface area contributed by atoms with Gasteiger partial charge in [-0.2, -0.15) is 0 Å². The van der Waals surface area contributed by atoms with Crippen LogP contribution in [0, 0.1) is 5.82 Å². The monoisotopic (exact) mass is 286 g/mol. The predicted molar refractivity (Wildman–Crippen MR) is 74.4 cm³/mol. The third-order valence-corrected chi connectivity index (χ3v) is 3.71. The Hall–Kier alpha value is -2.13. The summed E-state index contributed by atoms with van der Waals surface area (Å²) in [5.41, 5.74) is 3.17. The van der Waals surface area contributed by atoms with Crippen molar-refractivity contribution in [2.75, 3.05) is 0 Å². The number of H-pyrrole nitrogens is 1. The van der Waals surface area contributed by atoms with Gasteiger partial charge >= 0.3 is 0 Å². The van der Waals surface area contributed by atoms with Crippen molar-refractivity contribution in [3.63, 3.8) is 0 Å². The molecule has 0 radical (unpaired) electrons. The van der Waals surface area contributed by atoms with Gasteiger partial charge in [-0.15, -0.1) is 0 Å². The van der Waals surface area contributed by atoms with Crippen LogP contribution in [0.15, 0.2) is 48.5 Å². The molecular formula is C16H12ClFN2. The maximum Gasteiger partial charge on any atom is 0.287 e. The van der Waals surface area contributed by atoms with Crippen LogP contribution in [-0.4, -0.2) is 4.98 Å². The van der Waals surface area contributed by atoms with Crippen molar-refractivity contribution < 1.29 is 21.4 Å². The summed E-state index contributed by atoms with van der Waals surface area (Å²) in [4.78, 5) is 3.42. The van der Waals surface area contributed by atoms with Crippen LogP contribution in [0.4, 0.5) is 4.39 Å². The van der Waals surface area contributed by atoms with Crippen LogP contribution in [0.1, 0.15) is 0 Å². The van der Waals surface area contributed by atoms with Crippen LogP contribution >= 0.6 is 0 Å². The normalized spacial score (nSPS) is 11.1. The van der Waals surface area contributed by atoms with Crippen molar-refractivity contribution in [3.05, 3.63) is 54.3 Å².